The Morgan fingerprint density at radius 3 is 2.71 bits per heavy atom. The molecule has 1 rings (SSSR count). The van der Waals surface area contributed by atoms with Crippen LogP contribution in [0.5, 0.6) is 0 Å². The standard InChI is InChI=1S/C10H16N2O2/c1-12(7-2-9(13)14)8-10(3-4-10)5-6-11/h2-5,7-8H2,1H3,(H,13,14). The fourth-order valence-electron chi connectivity index (χ4n) is 1.67. The summed E-state index contributed by atoms with van der Waals surface area (Å²) in [5.74, 6) is -0.762. The van der Waals surface area contributed by atoms with Crippen molar-refractivity contribution in [3.05, 3.63) is 0 Å². The monoisotopic (exact) mass is 196 g/mol. The summed E-state index contributed by atoms with van der Waals surface area (Å²) < 4.78 is 0. The van der Waals surface area contributed by atoms with E-state index in [9.17, 15) is 4.79 Å². The van der Waals surface area contributed by atoms with Gasteiger partial charge in [0.2, 0.25) is 0 Å². The van der Waals surface area contributed by atoms with Gasteiger partial charge < -0.3 is 10.0 Å². The SMILES string of the molecule is CN(CCC(=O)O)CC1(CC#N)CC1. The first-order chi connectivity index (χ1) is 6.58. The van der Waals surface area contributed by atoms with Gasteiger partial charge in [-0.15, -0.1) is 0 Å². The van der Waals surface area contributed by atoms with Crippen molar-refractivity contribution < 1.29 is 9.90 Å². The Hall–Kier alpha value is -1.08. The first-order valence-corrected chi connectivity index (χ1v) is 4.85. The van der Waals surface area contributed by atoms with Gasteiger partial charge in [-0.05, 0) is 25.3 Å². The van der Waals surface area contributed by atoms with Crippen LogP contribution in [0.25, 0.3) is 0 Å². The number of nitriles is 1. The van der Waals surface area contributed by atoms with Crippen LogP contribution in [0, 0.1) is 16.7 Å². The second-order valence-corrected chi connectivity index (χ2v) is 4.22. The number of rotatable bonds is 6. The maximum absolute atomic E-state index is 10.3. The average molecular weight is 196 g/mol. The number of hydrogen-bond donors (Lipinski definition) is 1. The average Bonchev–Trinajstić information content (AvgIpc) is 2.82. The maximum Gasteiger partial charge on any atom is 0.304 e. The number of nitrogens with zero attached hydrogens (tertiary/aromatic N) is 2. The molecule has 0 unspecified atom stereocenters. The van der Waals surface area contributed by atoms with E-state index in [-0.39, 0.29) is 11.8 Å². The molecule has 0 bridgehead atoms. The molecule has 4 nitrogen and oxygen atoms in total. The lowest BCUT2D eigenvalue weighted by molar-refractivity contribution is -0.137. The molecule has 0 aromatic heterocycles. The van der Waals surface area contributed by atoms with Gasteiger partial charge in [-0.1, -0.05) is 0 Å². The lowest BCUT2D eigenvalue weighted by Gasteiger charge is -2.20. The Labute approximate surface area is 84.1 Å². The van der Waals surface area contributed by atoms with E-state index in [0.29, 0.717) is 13.0 Å². The summed E-state index contributed by atoms with van der Waals surface area (Å²) in [5, 5.41) is 17.1. The zero-order valence-corrected chi connectivity index (χ0v) is 8.49. The van der Waals surface area contributed by atoms with E-state index >= 15 is 0 Å². The molecule has 4 heteroatoms. The minimum absolute atomic E-state index is 0.180. The van der Waals surface area contributed by atoms with Gasteiger partial charge in [0.15, 0.2) is 0 Å². The van der Waals surface area contributed by atoms with Crippen LogP contribution >= 0.6 is 0 Å². The Morgan fingerprint density at radius 2 is 2.29 bits per heavy atom. The molecule has 0 radical (unpaired) electrons. The van der Waals surface area contributed by atoms with Crippen LogP contribution in [0.1, 0.15) is 25.7 Å². The molecule has 1 saturated carbocycles. The van der Waals surface area contributed by atoms with Gasteiger partial charge in [0.05, 0.1) is 12.5 Å². The zero-order valence-electron chi connectivity index (χ0n) is 8.49. The number of carbonyl (C=O) groups is 1. The molecule has 0 atom stereocenters. The molecule has 0 saturated heterocycles. The molecule has 1 aliphatic carbocycles. The first kappa shape index (κ1) is 11.0. The molecular weight excluding hydrogens is 180 g/mol. The largest absolute Gasteiger partial charge is 0.481 e. The van der Waals surface area contributed by atoms with E-state index in [1.54, 1.807) is 0 Å². The lowest BCUT2D eigenvalue weighted by atomic mass is 10.0. The molecule has 1 fully saturated rings. The molecule has 0 aliphatic heterocycles. The summed E-state index contributed by atoms with van der Waals surface area (Å²) in [6.07, 6.45) is 3.00. The van der Waals surface area contributed by atoms with Gasteiger partial charge >= 0.3 is 5.97 Å². The van der Waals surface area contributed by atoms with Crippen LogP contribution in [0.3, 0.4) is 0 Å². The molecule has 0 heterocycles. The van der Waals surface area contributed by atoms with E-state index in [4.69, 9.17) is 10.4 Å². The minimum Gasteiger partial charge on any atom is -0.481 e. The van der Waals surface area contributed by atoms with Crippen LogP contribution in [0.15, 0.2) is 0 Å². The smallest absolute Gasteiger partial charge is 0.304 e. The minimum atomic E-state index is -0.762. The molecule has 0 amide bonds. The summed E-state index contributed by atoms with van der Waals surface area (Å²) in [7, 11) is 1.92. The molecule has 0 aromatic carbocycles. The predicted octanol–water partition coefficient (Wildman–Crippen LogP) is 1.09. The molecule has 78 valence electrons. The van der Waals surface area contributed by atoms with Gasteiger partial charge in [-0.25, -0.2) is 0 Å². The van der Waals surface area contributed by atoms with Gasteiger partial charge in [0.1, 0.15) is 0 Å². The van der Waals surface area contributed by atoms with E-state index in [0.717, 1.165) is 19.4 Å². The van der Waals surface area contributed by atoms with Crippen LogP contribution in [-0.2, 0) is 4.79 Å². The van der Waals surface area contributed by atoms with Crippen molar-refractivity contribution in [1.29, 1.82) is 5.26 Å². The van der Waals surface area contributed by atoms with Crippen LogP contribution < -0.4 is 0 Å². The highest BCUT2D eigenvalue weighted by molar-refractivity contribution is 5.66. The molecule has 0 spiro atoms. The van der Waals surface area contributed by atoms with Crippen molar-refractivity contribution in [1.82, 2.24) is 4.90 Å². The predicted molar refractivity (Wildman–Crippen MR) is 51.6 cm³/mol. The van der Waals surface area contributed by atoms with Crippen molar-refractivity contribution in [3.8, 4) is 6.07 Å². The van der Waals surface area contributed by atoms with Crippen molar-refractivity contribution in [3.63, 3.8) is 0 Å². The summed E-state index contributed by atoms with van der Waals surface area (Å²) >= 11 is 0. The third-order valence-electron chi connectivity index (χ3n) is 2.72. The fraction of sp³-hybridized carbons (Fsp3) is 0.800. The second kappa shape index (κ2) is 4.43. The Kier molecular flexibility index (Phi) is 3.48. The van der Waals surface area contributed by atoms with Crippen LogP contribution in [0.2, 0.25) is 0 Å². The van der Waals surface area contributed by atoms with Gasteiger partial charge in [0.25, 0.3) is 0 Å². The van der Waals surface area contributed by atoms with Crippen LogP contribution in [-0.4, -0.2) is 36.1 Å². The number of carboxylic acid groups (broad SMARTS) is 1. The fourth-order valence-corrected chi connectivity index (χ4v) is 1.67. The van der Waals surface area contributed by atoms with Crippen molar-refractivity contribution in [2.45, 2.75) is 25.7 Å². The summed E-state index contributed by atoms with van der Waals surface area (Å²) in [4.78, 5) is 12.3. The summed E-state index contributed by atoms with van der Waals surface area (Å²) in [5.41, 5.74) is 0.183. The zero-order chi connectivity index (χ0) is 10.6. The third-order valence-corrected chi connectivity index (χ3v) is 2.72. The number of aliphatic carboxylic acids is 1. The van der Waals surface area contributed by atoms with Crippen molar-refractivity contribution in [2.75, 3.05) is 20.1 Å². The lowest BCUT2D eigenvalue weighted by Crippen LogP contribution is -2.28. The van der Waals surface area contributed by atoms with Crippen molar-refractivity contribution >= 4 is 5.97 Å². The number of carboxylic acids is 1. The van der Waals surface area contributed by atoms with Crippen LogP contribution in [0.4, 0.5) is 0 Å². The normalized spacial score (nSPS) is 17.8. The van der Waals surface area contributed by atoms with E-state index in [1.807, 2.05) is 11.9 Å². The highest BCUT2D eigenvalue weighted by Crippen LogP contribution is 2.48. The topological polar surface area (TPSA) is 64.3 Å². The maximum atomic E-state index is 10.3. The second-order valence-electron chi connectivity index (χ2n) is 4.22. The summed E-state index contributed by atoms with van der Waals surface area (Å²) in [6.45, 7) is 1.43. The molecule has 14 heavy (non-hydrogen) atoms. The Balaban J connectivity index is 2.23. The Bertz CT molecular complexity index is 253. The van der Waals surface area contributed by atoms with E-state index < -0.39 is 5.97 Å². The third kappa shape index (κ3) is 3.35. The van der Waals surface area contributed by atoms with E-state index in [2.05, 4.69) is 6.07 Å². The van der Waals surface area contributed by atoms with E-state index in [1.165, 1.54) is 0 Å². The van der Waals surface area contributed by atoms with Gasteiger partial charge in [-0.3, -0.25) is 4.79 Å². The quantitative estimate of drug-likeness (QED) is 0.690. The number of hydrogen-bond acceptors (Lipinski definition) is 3. The van der Waals surface area contributed by atoms with Gasteiger partial charge in [-0.2, -0.15) is 5.26 Å². The molecule has 1 N–H and O–H groups in total. The summed E-state index contributed by atoms with van der Waals surface area (Å²) in [6, 6.07) is 2.20. The highest BCUT2D eigenvalue weighted by atomic mass is 16.4. The molecular formula is C10H16N2O2. The van der Waals surface area contributed by atoms with Gasteiger partial charge in [0, 0.05) is 19.5 Å². The molecule has 1 aliphatic rings. The highest BCUT2D eigenvalue weighted by Gasteiger charge is 2.42. The van der Waals surface area contributed by atoms with Crippen molar-refractivity contribution in [2.24, 2.45) is 5.41 Å². The first-order valence-electron chi connectivity index (χ1n) is 4.85. The Morgan fingerprint density at radius 1 is 1.64 bits per heavy atom. The molecule has 0 aromatic rings.